The van der Waals surface area contributed by atoms with Gasteiger partial charge in [-0.05, 0) is 24.1 Å². The zero-order valence-electron chi connectivity index (χ0n) is 7.76. The van der Waals surface area contributed by atoms with Crippen LogP contribution in [0.15, 0.2) is 22.7 Å². The van der Waals surface area contributed by atoms with Crippen LogP contribution in [0.1, 0.15) is 12.5 Å². The molecule has 0 atom stereocenters. The van der Waals surface area contributed by atoms with E-state index in [0.29, 0.717) is 0 Å². The summed E-state index contributed by atoms with van der Waals surface area (Å²) in [7, 11) is 4.14. The molecule has 0 saturated carbocycles. The van der Waals surface area contributed by atoms with Crippen LogP contribution >= 0.6 is 15.9 Å². The Hall–Kier alpha value is -0.500. The van der Waals surface area contributed by atoms with Crippen molar-refractivity contribution >= 4 is 21.6 Å². The van der Waals surface area contributed by atoms with Crippen LogP contribution in [0.3, 0.4) is 0 Å². The molecule has 0 bridgehead atoms. The van der Waals surface area contributed by atoms with E-state index in [-0.39, 0.29) is 0 Å². The van der Waals surface area contributed by atoms with E-state index < -0.39 is 0 Å². The lowest BCUT2D eigenvalue weighted by Crippen LogP contribution is -2.10. The monoisotopic (exact) mass is 227 g/mol. The molecule has 0 unspecified atom stereocenters. The molecule has 0 fully saturated rings. The molecule has 0 aliphatic heterocycles. The molecule has 66 valence electrons. The quantitative estimate of drug-likeness (QED) is 0.751. The third-order valence-electron chi connectivity index (χ3n) is 1.91. The summed E-state index contributed by atoms with van der Waals surface area (Å²) in [6, 6.07) is 6.41. The van der Waals surface area contributed by atoms with Gasteiger partial charge < -0.3 is 4.90 Å². The number of nitrogens with zero attached hydrogens (tertiary/aromatic N) is 1. The first-order valence-corrected chi connectivity index (χ1v) is 4.90. The largest absolute Gasteiger partial charge is 0.377 e. The summed E-state index contributed by atoms with van der Waals surface area (Å²) in [5.41, 5.74) is 2.69. The summed E-state index contributed by atoms with van der Waals surface area (Å²) in [6.07, 6.45) is 1.08. The lowest BCUT2D eigenvalue weighted by Gasteiger charge is -2.16. The van der Waals surface area contributed by atoms with Gasteiger partial charge in [0, 0.05) is 24.3 Å². The Kier molecular flexibility index (Phi) is 3.15. The van der Waals surface area contributed by atoms with E-state index in [1.54, 1.807) is 0 Å². The molecule has 0 saturated heterocycles. The molecule has 0 aliphatic carbocycles. The average Bonchev–Trinajstić information content (AvgIpc) is 2.04. The molecule has 0 heterocycles. The van der Waals surface area contributed by atoms with Crippen molar-refractivity contribution in [2.75, 3.05) is 19.0 Å². The number of hydrogen-bond acceptors (Lipinski definition) is 1. The van der Waals surface area contributed by atoms with E-state index in [0.717, 1.165) is 10.9 Å². The Balaban J connectivity index is 3.12. The molecular formula is C10H14BrN. The van der Waals surface area contributed by atoms with Gasteiger partial charge in [0.15, 0.2) is 0 Å². The van der Waals surface area contributed by atoms with Gasteiger partial charge in [0.05, 0.1) is 0 Å². The third-order valence-corrected chi connectivity index (χ3v) is 2.40. The minimum atomic E-state index is 1.08. The van der Waals surface area contributed by atoms with Gasteiger partial charge in [-0.3, -0.25) is 0 Å². The van der Waals surface area contributed by atoms with Crippen molar-refractivity contribution in [3.63, 3.8) is 0 Å². The number of hydrogen-bond donors (Lipinski definition) is 0. The number of benzene rings is 1. The zero-order chi connectivity index (χ0) is 9.14. The molecule has 0 radical (unpaired) electrons. The third kappa shape index (κ3) is 2.01. The second-order valence-corrected chi connectivity index (χ2v) is 3.94. The summed E-state index contributed by atoms with van der Waals surface area (Å²) in [4.78, 5) is 2.14. The predicted octanol–water partition coefficient (Wildman–Crippen LogP) is 3.08. The maximum Gasteiger partial charge on any atom is 0.0404 e. The Morgan fingerprint density at radius 1 is 1.33 bits per heavy atom. The Labute approximate surface area is 82.5 Å². The van der Waals surface area contributed by atoms with E-state index in [4.69, 9.17) is 0 Å². The van der Waals surface area contributed by atoms with E-state index in [1.165, 1.54) is 11.3 Å². The molecule has 12 heavy (non-hydrogen) atoms. The second-order valence-electron chi connectivity index (χ2n) is 3.02. The zero-order valence-corrected chi connectivity index (χ0v) is 9.35. The molecule has 0 amide bonds. The van der Waals surface area contributed by atoms with Crippen LogP contribution in [0.2, 0.25) is 0 Å². The summed E-state index contributed by atoms with van der Waals surface area (Å²) < 4.78 is 1.14. The molecule has 0 N–H and O–H groups in total. The normalized spacial score (nSPS) is 10.0. The number of halogens is 1. The predicted molar refractivity (Wildman–Crippen MR) is 57.8 cm³/mol. The fourth-order valence-electron chi connectivity index (χ4n) is 1.25. The Bertz CT molecular complexity index is 269. The first-order chi connectivity index (χ1) is 5.65. The minimum absolute atomic E-state index is 1.08. The fraction of sp³-hybridized carbons (Fsp3) is 0.400. The molecule has 1 aromatic rings. The molecule has 0 spiro atoms. The van der Waals surface area contributed by atoms with Crippen molar-refractivity contribution in [2.24, 2.45) is 0 Å². The van der Waals surface area contributed by atoms with E-state index in [2.05, 4.69) is 60.0 Å². The van der Waals surface area contributed by atoms with E-state index >= 15 is 0 Å². The van der Waals surface area contributed by atoms with Crippen LogP contribution in [0, 0.1) is 0 Å². The van der Waals surface area contributed by atoms with E-state index in [9.17, 15) is 0 Å². The van der Waals surface area contributed by atoms with Crippen molar-refractivity contribution in [1.82, 2.24) is 0 Å². The first-order valence-electron chi connectivity index (χ1n) is 4.11. The van der Waals surface area contributed by atoms with E-state index in [1.807, 2.05) is 0 Å². The van der Waals surface area contributed by atoms with Gasteiger partial charge >= 0.3 is 0 Å². The molecule has 2 heteroatoms. The Morgan fingerprint density at radius 3 is 2.50 bits per heavy atom. The number of aryl methyl sites for hydroxylation is 1. The maximum atomic E-state index is 3.47. The lowest BCUT2D eigenvalue weighted by molar-refractivity contribution is 1.06. The van der Waals surface area contributed by atoms with Crippen molar-refractivity contribution in [3.05, 3.63) is 28.2 Å². The van der Waals surface area contributed by atoms with Gasteiger partial charge in [-0.15, -0.1) is 0 Å². The number of rotatable bonds is 2. The lowest BCUT2D eigenvalue weighted by atomic mass is 10.1. The summed E-state index contributed by atoms with van der Waals surface area (Å²) in [5, 5.41) is 0. The smallest absolute Gasteiger partial charge is 0.0404 e. The summed E-state index contributed by atoms with van der Waals surface area (Å²) in [5.74, 6) is 0. The SMILES string of the molecule is CCc1ccc(Br)cc1N(C)C. The molecular weight excluding hydrogens is 214 g/mol. The minimum Gasteiger partial charge on any atom is -0.377 e. The van der Waals surface area contributed by atoms with Gasteiger partial charge in [0.2, 0.25) is 0 Å². The topological polar surface area (TPSA) is 3.24 Å². The van der Waals surface area contributed by atoms with Crippen molar-refractivity contribution in [1.29, 1.82) is 0 Å². The maximum absolute atomic E-state index is 3.47. The van der Waals surface area contributed by atoms with Crippen LogP contribution in [0.25, 0.3) is 0 Å². The summed E-state index contributed by atoms with van der Waals surface area (Å²) >= 11 is 3.47. The number of anilines is 1. The van der Waals surface area contributed by atoms with Crippen LogP contribution in [0.4, 0.5) is 5.69 Å². The van der Waals surface area contributed by atoms with Crippen LogP contribution in [-0.2, 0) is 6.42 Å². The molecule has 0 aliphatic rings. The average molecular weight is 228 g/mol. The standard InChI is InChI=1S/C10H14BrN/c1-4-8-5-6-9(11)7-10(8)12(2)3/h5-7H,4H2,1-3H3. The van der Waals surface area contributed by atoms with Crippen molar-refractivity contribution in [3.8, 4) is 0 Å². The highest BCUT2D eigenvalue weighted by Gasteiger charge is 2.02. The highest BCUT2D eigenvalue weighted by atomic mass is 79.9. The van der Waals surface area contributed by atoms with Crippen molar-refractivity contribution < 1.29 is 0 Å². The van der Waals surface area contributed by atoms with Crippen LogP contribution in [-0.4, -0.2) is 14.1 Å². The van der Waals surface area contributed by atoms with Gasteiger partial charge in [-0.2, -0.15) is 0 Å². The molecule has 1 aromatic carbocycles. The molecule has 0 aromatic heterocycles. The van der Waals surface area contributed by atoms with Gasteiger partial charge in [0.25, 0.3) is 0 Å². The van der Waals surface area contributed by atoms with Crippen molar-refractivity contribution in [2.45, 2.75) is 13.3 Å². The van der Waals surface area contributed by atoms with Gasteiger partial charge in [-0.25, -0.2) is 0 Å². The second kappa shape index (κ2) is 3.94. The highest BCUT2D eigenvalue weighted by Crippen LogP contribution is 2.23. The Morgan fingerprint density at radius 2 is 2.00 bits per heavy atom. The van der Waals surface area contributed by atoms with Gasteiger partial charge in [0.1, 0.15) is 0 Å². The van der Waals surface area contributed by atoms with Gasteiger partial charge in [-0.1, -0.05) is 28.9 Å². The molecule has 1 nitrogen and oxygen atoms in total. The fourth-order valence-corrected chi connectivity index (χ4v) is 1.60. The first kappa shape index (κ1) is 9.59. The van der Waals surface area contributed by atoms with Crippen LogP contribution < -0.4 is 4.90 Å². The van der Waals surface area contributed by atoms with Crippen LogP contribution in [0.5, 0.6) is 0 Å². The highest BCUT2D eigenvalue weighted by molar-refractivity contribution is 9.10. The molecule has 1 rings (SSSR count). The summed E-state index contributed by atoms with van der Waals surface area (Å²) in [6.45, 7) is 2.18.